The summed E-state index contributed by atoms with van der Waals surface area (Å²) in [4.78, 5) is 12.3. The van der Waals surface area contributed by atoms with E-state index in [1.165, 1.54) is 11.1 Å². The van der Waals surface area contributed by atoms with Gasteiger partial charge in [-0.3, -0.25) is 4.79 Å². The van der Waals surface area contributed by atoms with Crippen LogP contribution in [0.15, 0.2) is 48.5 Å². The minimum atomic E-state index is -0.183. The SMILES string of the molecule is CCc1cccc(NC(=O)[C@@H]2Cc3ccccc3N2)c1. The van der Waals surface area contributed by atoms with E-state index < -0.39 is 0 Å². The van der Waals surface area contributed by atoms with Crippen molar-refractivity contribution in [2.24, 2.45) is 0 Å². The predicted octanol–water partition coefficient (Wildman–Crippen LogP) is 3.22. The molecule has 0 bridgehead atoms. The fraction of sp³-hybridized carbons (Fsp3) is 0.235. The van der Waals surface area contributed by atoms with E-state index >= 15 is 0 Å². The van der Waals surface area contributed by atoms with E-state index in [0.29, 0.717) is 0 Å². The van der Waals surface area contributed by atoms with Crippen LogP contribution in [0.3, 0.4) is 0 Å². The lowest BCUT2D eigenvalue weighted by Gasteiger charge is -2.12. The summed E-state index contributed by atoms with van der Waals surface area (Å²) in [6.45, 7) is 2.11. The van der Waals surface area contributed by atoms with E-state index in [1.54, 1.807) is 0 Å². The molecular weight excluding hydrogens is 248 g/mol. The van der Waals surface area contributed by atoms with E-state index in [4.69, 9.17) is 0 Å². The van der Waals surface area contributed by atoms with Crippen molar-refractivity contribution >= 4 is 17.3 Å². The van der Waals surface area contributed by atoms with E-state index in [0.717, 1.165) is 24.2 Å². The van der Waals surface area contributed by atoms with Gasteiger partial charge in [0.05, 0.1) is 0 Å². The zero-order chi connectivity index (χ0) is 13.9. The Balaban J connectivity index is 1.69. The summed E-state index contributed by atoms with van der Waals surface area (Å²) in [7, 11) is 0. The van der Waals surface area contributed by atoms with Crippen LogP contribution in [0.2, 0.25) is 0 Å². The Morgan fingerprint density at radius 1 is 1.25 bits per heavy atom. The Morgan fingerprint density at radius 3 is 2.90 bits per heavy atom. The highest BCUT2D eigenvalue weighted by Gasteiger charge is 2.26. The summed E-state index contributed by atoms with van der Waals surface area (Å²) in [6.07, 6.45) is 1.71. The van der Waals surface area contributed by atoms with Crippen molar-refractivity contribution in [3.63, 3.8) is 0 Å². The van der Waals surface area contributed by atoms with E-state index in [1.807, 2.05) is 36.4 Å². The first-order valence-corrected chi connectivity index (χ1v) is 7.00. The average molecular weight is 266 g/mol. The molecule has 0 spiro atoms. The van der Waals surface area contributed by atoms with Crippen LogP contribution in [0.25, 0.3) is 0 Å². The number of benzene rings is 2. The first kappa shape index (κ1) is 12.7. The molecule has 0 aliphatic carbocycles. The summed E-state index contributed by atoms with van der Waals surface area (Å²) >= 11 is 0. The Labute approximate surface area is 119 Å². The summed E-state index contributed by atoms with van der Waals surface area (Å²) in [5.41, 5.74) is 4.36. The molecule has 1 atom stereocenters. The summed E-state index contributed by atoms with van der Waals surface area (Å²) in [6, 6.07) is 15.9. The monoisotopic (exact) mass is 266 g/mol. The molecule has 3 heteroatoms. The van der Waals surface area contributed by atoms with Crippen LogP contribution in [0.5, 0.6) is 0 Å². The van der Waals surface area contributed by atoms with Crippen molar-refractivity contribution in [2.45, 2.75) is 25.8 Å². The molecule has 0 unspecified atom stereocenters. The Kier molecular flexibility index (Phi) is 3.42. The number of hydrogen-bond acceptors (Lipinski definition) is 2. The topological polar surface area (TPSA) is 41.1 Å². The molecule has 0 aromatic heterocycles. The van der Waals surface area contributed by atoms with Crippen LogP contribution in [0, 0.1) is 0 Å². The van der Waals surface area contributed by atoms with Gasteiger partial charge in [0.25, 0.3) is 0 Å². The van der Waals surface area contributed by atoms with Crippen molar-refractivity contribution < 1.29 is 4.79 Å². The molecule has 2 N–H and O–H groups in total. The van der Waals surface area contributed by atoms with Gasteiger partial charge in [-0.15, -0.1) is 0 Å². The zero-order valence-corrected chi connectivity index (χ0v) is 11.5. The zero-order valence-electron chi connectivity index (χ0n) is 11.5. The standard InChI is InChI=1S/C17H18N2O/c1-2-12-6-5-8-14(10-12)18-17(20)16-11-13-7-3-4-9-15(13)19-16/h3-10,16,19H,2,11H2,1H3,(H,18,20)/t16-/m0/s1. The molecule has 0 radical (unpaired) electrons. The number of nitrogens with one attached hydrogen (secondary N) is 2. The van der Waals surface area contributed by atoms with Crippen molar-refractivity contribution in [2.75, 3.05) is 10.6 Å². The van der Waals surface area contributed by atoms with Crippen LogP contribution in [0.1, 0.15) is 18.1 Å². The highest BCUT2D eigenvalue weighted by molar-refractivity contribution is 5.98. The van der Waals surface area contributed by atoms with Crippen molar-refractivity contribution in [1.82, 2.24) is 0 Å². The number of para-hydroxylation sites is 1. The second kappa shape index (κ2) is 5.37. The maximum atomic E-state index is 12.3. The third-order valence-corrected chi connectivity index (χ3v) is 3.69. The van der Waals surface area contributed by atoms with Crippen LogP contribution in [-0.2, 0) is 17.6 Å². The van der Waals surface area contributed by atoms with Gasteiger partial charge in [0.15, 0.2) is 0 Å². The minimum absolute atomic E-state index is 0.0226. The Morgan fingerprint density at radius 2 is 2.10 bits per heavy atom. The third-order valence-electron chi connectivity index (χ3n) is 3.69. The van der Waals surface area contributed by atoms with Crippen molar-refractivity contribution in [1.29, 1.82) is 0 Å². The molecule has 3 rings (SSSR count). The number of amides is 1. The molecule has 1 amide bonds. The Bertz CT molecular complexity index is 611. The second-order valence-electron chi connectivity index (χ2n) is 5.10. The smallest absolute Gasteiger partial charge is 0.247 e. The summed E-state index contributed by atoms with van der Waals surface area (Å²) in [5, 5.41) is 6.26. The summed E-state index contributed by atoms with van der Waals surface area (Å²) in [5.74, 6) is 0.0226. The first-order chi connectivity index (χ1) is 9.76. The van der Waals surface area contributed by atoms with Crippen LogP contribution in [-0.4, -0.2) is 11.9 Å². The van der Waals surface area contributed by atoms with Crippen LogP contribution in [0.4, 0.5) is 11.4 Å². The lowest BCUT2D eigenvalue weighted by atomic mass is 10.1. The van der Waals surface area contributed by atoms with Gasteiger partial charge in [0, 0.05) is 17.8 Å². The molecule has 2 aromatic carbocycles. The Hall–Kier alpha value is -2.29. The highest BCUT2D eigenvalue weighted by Crippen LogP contribution is 2.25. The second-order valence-corrected chi connectivity index (χ2v) is 5.10. The molecular formula is C17H18N2O. The maximum absolute atomic E-state index is 12.3. The van der Waals surface area contributed by atoms with Gasteiger partial charge in [-0.05, 0) is 35.7 Å². The van der Waals surface area contributed by atoms with Gasteiger partial charge >= 0.3 is 0 Å². The number of fused-ring (bicyclic) bond motifs is 1. The molecule has 1 aliphatic rings. The van der Waals surface area contributed by atoms with E-state index in [9.17, 15) is 4.79 Å². The summed E-state index contributed by atoms with van der Waals surface area (Å²) < 4.78 is 0. The van der Waals surface area contributed by atoms with Gasteiger partial charge in [-0.2, -0.15) is 0 Å². The van der Waals surface area contributed by atoms with Gasteiger partial charge in [0.2, 0.25) is 5.91 Å². The number of rotatable bonds is 3. The normalized spacial score (nSPS) is 16.4. The lowest BCUT2D eigenvalue weighted by Crippen LogP contribution is -2.32. The number of anilines is 2. The van der Waals surface area contributed by atoms with Gasteiger partial charge in [-0.25, -0.2) is 0 Å². The highest BCUT2D eigenvalue weighted by atomic mass is 16.2. The number of aryl methyl sites for hydroxylation is 1. The number of hydrogen-bond donors (Lipinski definition) is 2. The fourth-order valence-electron chi connectivity index (χ4n) is 2.55. The molecule has 1 heterocycles. The largest absolute Gasteiger partial charge is 0.373 e. The first-order valence-electron chi connectivity index (χ1n) is 7.00. The van der Waals surface area contributed by atoms with Gasteiger partial charge < -0.3 is 10.6 Å². The van der Waals surface area contributed by atoms with Crippen LogP contribution < -0.4 is 10.6 Å². The van der Waals surface area contributed by atoms with Crippen molar-refractivity contribution in [3.05, 3.63) is 59.7 Å². The number of carbonyl (C=O) groups excluding carboxylic acids is 1. The molecule has 102 valence electrons. The van der Waals surface area contributed by atoms with Gasteiger partial charge in [0.1, 0.15) is 6.04 Å². The molecule has 3 nitrogen and oxygen atoms in total. The van der Waals surface area contributed by atoms with Gasteiger partial charge in [-0.1, -0.05) is 37.3 Å². The molecule has 2 aromatic rings. The molecule has 20 heavy (non-hydrogen) atoms. The molecule has 1 aliphatic heterocycles. The molecule has 0 saturated carbocycles. The minimum Gasteiger partial charge on any atom is -0.373 e. The predicted molar refractivity (Wildman–Crippen MR) is 82.0 cm³/mol. The maximum Gasteiger partial charge on any atom is 0.247 e. The van der Waals surface area contributed by atoms with Crippen LogP contribution >= 0.6 is 0 Å². The lowest BCUT2D eigenvalue weighted by molar-refractivity contribution is -0.116. The number of carbonyl (C=O) groups is 1. The quantitative estimate of drug-likeness (QED) is 0.895. The molecule has 0 fully saturated rings. The van der Waals surface area contributed by atoms with E-state index in [2.05, 4.69) is 29.7 Å². The molecule has 0 saturated heterocycles. The van der Waals surface area contributed by atoms with E-state index in [-0.39, 0.29) is 11.9 Å². The fourth-order valence-corrected chi connectivity index (χ4v) is 2.55. The third kappa shape index (κ3) is 2.52. The average Bonchev–Trinajstić information content (AvgIpc) is 2.91. The van der Waals surface area contributed by atoms with Crippen molar-refractivity contribution in [3.8, 4) is 0 Å².